The molecule has 0 bridgehead atoms. The number of amides is 1. The van der Waals surface area contributed by atoms with E-state index in [0.29, 0.717) is 17.7 Å². The Balaban J connectivity index is 1.96. The van der Waals surface area contributed by atoms with Crippen molar-refractivity contribution >= 4 is 28.3 Å². The third-order valence-electron chi connectivity index (χ3n) is 4.64. The number of aromatic nitrogens is 2. The van der Waals surface area contributed by atoms with Crippen LogP contribution in [0.4, 0.5) is 5.13 Å². The van der Waals surface area contributed by atoms with Crippen molar-refractivity contribution in [3.63, 3.8) is 0 Å². The number of carbonyl (C=O) groups excluding carboxylic acids is 2. The molecule has 1 amide bonds. The lowest BCUT2D eigenvalue weighted by Crippen LogP contribution is -2.13. The summed E-state index contributed by atoms with van der Waals surface area (Å²) in [5.74, 6) is -0.844. The predicted octanol–water partition coefficient (Wildman–Crippen LogP) is 3.68. The first-order valence-electron chi connectivity index (χ1n) is 9.31. The molecule has 0 aliphatic carbocycles. The van der Waals surface area contributed by atoms with Crippen molar-refractivity contribution in [2.45, 2.75) is 26.8 Å². The van der Waals surface area contributed by atoms with Gasteiger partial charge in [0.25, 0.3) is 5.91 Å². The first-order chi connectivity index (χ1) is 13.9. The number of esters is 1. The van der Waals surface area contributed by atoms with Gasteiger partial charge in [-0.15, -0.1) is 11.3 Å². The van der Waals surface area contributed by atoms with Crippen LogP contribution in [0.3, 0.4) is 0 Å². The molecule has 8 heteroatoms. The fraction of sp³-hybridized carbons (Fsp3) is 0.286. The molecule has 0 spiro atoms. The molecule has 0 unspecified atom stereocenters. The van der Waals surface area contributed by atoms with Crippen LogP contribution in [-0.4, -0.2) is 35.1 Å². The van der Waals surface area contributed by atoms with Crippen LogP contribution in [0, 0.1) is 6.92 Å². The number of hydrogen-bond acceptors (Lipinski definition) is 6. The third-order valence-corrected chi connectivity index (χ3v) is 5.44. The van der Waals surface area contributed by atoms with Crippen LogP contribution in [0.1, 0.15) is 45.3 Å². The number of nitrogens with zero attached hydrogens (tertiary/aromatic N) is 2. The Hall–Kier alpha value is -3.13. The van der Waals surface area contributed by atoms with Crippen LogP contribution >= 0.6 is 11.3 Å². The minimum absolute atomic E-state index is 0.375. The molecule has 0 saturated heterocycles. The maximum Gasteiger partial charge on any atom is 0.337 e. The van der Waals surface area contributed by atoms with Gasteiger partial charge in [0.2, 0.25) is 0 Å². The lowest BCUT2D eigenvalue weighted by atomic mass is 10.1. The Morgan fingerprint density at radius 2 is 2.00 bits per heavy atom. The molecule has 3 rings (SSSR count). The fourth-order valence-corrected chi connectivity index (χ4v) is 3.79. The molecule has 0 aliphatic rings. The van der Waals surface area contributed by atoms with Gasteiger partial charge in [-0.25, -0.2) is 9.78 Å². The molecule has 29 heavy (non-hydrogen) atoms. The second-order valence-corrected chi connectivity index (χ2v) is 7.49. The summed E-state index contributed by atoms with van der Waals surface area (Å²) < 4.78 is 6.76. The number of primary amides is 1. The maximum atomic E-state index is 11.9. The maximum absolute atomic E-state index is 11.9. The van der Waals surface area contributed by atoms with E-state index >= 15 is 0 Å². The molecule has 2 heterocycles. The first-order valence-corrected chi connectivity index (χ1v) is 10.2. The number of benzene rings is 1. The van der Waals surface area contributed by atoms with Gasteiger partial charge < -0.3 is 20.4 Å². The van der Waals surface area contributed by atoms with Gasteiger partial charge in [-0.1, -0.05) is 19.1 Å². The molecule has 0 aliphatic heterocycles. The van der Waals surface area contributed by atoms with E-state index in [1.165, 1.54) is 18.4 Å². The highest BCUT2D eigenvalue weighted by atomic mass is 32.1. The van der Waals surface area contributed by atoms with Gasteiger partial charge >= 0.3 is 5.97 Å². The Labute approximate surface area is 173 Å². The number of ether oxygens (including phenoxy) is 1. The van der Waals surface area contributed by atoms with Crippen LogP contribution < -0.4 is 11.1 Å². The highest BCUT2D eigenvalue weighted by molar-refractivity contribution is 7.14. The molecule has 3 N–H and O–H groups in total. The molecular formula is C21H24N4O3S. The van der Waals surface area contributed by atoms with Crippen molar-refractivity contribution < 1.29 is 14.3 Å². The Morgan fingerprint density at radius 1 is 1.28 bits per heavy atom. The average Bonchev–Trinajstić information content (AvgIpc) is 3.31. The number of nitrogens with two attached hydrogens (primary N) is 1. The summed E-state index contributed by atoms with van der Waals surface area (Å²) in [6, 6.07) is 8.98. The fourth-order valence-electron chi connectivity index (χ4n) is 3.06. The van der Waals surface area contributed by atoms with Gasteiger partial charge in [0.15, 0.2) is 5.13 Å². The number of anilines is 1. The molecule has 3 aromatic rings. The topological polar surface area (TPSA) is 99.2 Å². The number of methoxy groups -OCH3 is 1. The summed E-state index contributed by atoms with van der Waals surface area (Å²) >= 11 is 1.53. The highest BCUT2D eigenvalue weighted by Gasteiger charge is 2.19. The van der Waals surface area contributed by atoms with Gasteiger partial charge in [-0.3, -0.25) is 4.79 Å². The minimum atomic E-state index is -0.469. The van der Waals surface area contributed by atoms with E-state index in [1.807, 2.05) is 29.0 Å². The van der Waals surface area contributed by atoms with Crippen LogP contribution in [0.5, 0.6) is 0 Å². The van der Waals surface area contributed by atoms with E-state index < -0.39 is 5.91 Å². The standard InChI is InChI=1S/C21H24N4O3S/c1-4-9-23-21-24-17(12-29-21)18-10-16(19(22)26)13(2)25(18)11-14-5-7-15(8-6-14)20(27)28-3/h5-8,10,12H,4,9,11H2,1-3H3,(H2,22,26)(H,23,24). The predicted molar refractivity (Wildman–Crippen MR) is 114 cm³/mol. The van der Waals surface area contributed by atoms with E-state index in [0.717, 1.165) is 40.7 Å². The zero-order chi connectivity index (χ0) is 21.0. The SMILES string of the molecule is CCCNc1nc(-c2cc(C(N)=O)c(C)n2Cc2ccc(C(=O)OC)cc2)cs1. The van der Waals surface area contributed by atoms with E-state index in [9.17, 15) is 9.59 Å². The summed E-state index contributed by atoms with van der Waals surface area (Å²) in [6.45, 7) is 5.34. The van der Waals surface area contributed by atoms with Gasteiger partial charge in [0, 0.05) is 24.2 Å². The largest absolute Gasteiger partial charge is 0.465 e. The van der Waals surface area contributed by atoms with Crippen molar-refractivity contribution in [2.24, 2.45) is 5.73 Å². The monoisotopic (exact) mass is 412 g/mol. The van der Waals surface area contributed by atoms with E-state index in [-0.39, 0.29) is 5.97 Å². The molecule has 2 aromatic heterocycles. The molecule has 7 nitrogen and oxygen atoms in total. The molecule has 0 saturated carbocycles. The molecule has 1 aromatic carbocycles. The van der Waals surface area contributed by atoms with E-state index in [4.69, 9.17) is 10.5 Å². The molecular weight excluding hydrogens is 388 g/mol. The number of nitrogens with one attached hydrogen (secondary N) is 1. The molecule has 152 valence electrons. The second kappa shape index (κ2) is 8.91. The Kier molecular flexibility index (Phi) is 6.33. The van der Waals surface area contributed by atoms with Gasteiger partial charge in [-0.05, 0) is 37.1 Å². The Morgan fingerprint density at radius 3 is 2.62 bits per heavy atom. The van der Waals surface area contributed by atoms with Crippen LogP contribution in [0.25, 0.3) is 11.4 Å². The van der Waals surface area contributed by atoms with Crippen LogP contribution in [-0.2, 0) is 11.3 Å². The highest BCUT2D eigenvalue weighted by Crippen LogP contribution is 2.30. The van der Waals surface area contributed by atoms with E-state index in [1.54, 1.807) is 18.2 Å². The van der Waals surface area contributed by atoms with Crippen molar-refractivity contribution in [1.82, 2.24) is 9.55 Å². The molecule has 0 fully saturated rings. The normalized spacial score (nSPS) is 10.7. The molecule has 0 radical (unpaired) electrons. The van der Waals surface area contributed by atoms with Gasteiger partial charge in [0.1, 0.15) is 0 Å². The summed E-state index contributed by atoms with van der Waals surface area (Å²) in [6.07, 6.45) is 1.01. The van der Waals surface area contributed by atoms with Crippen molar-refractivity contribution in [2.75, 3.05) is 19.0 Å². The number of thiazole rings is 1. The summed E-state index contributed by atoms with van der Waals surface area (Å²) in [7, 11) is 1.36. The van der Waals surface area contributed by atoms with Crippen molar-refractivity contribution in [3.05, 3.63) is 58.1 Å². The minimum Gasteiger partial charge on any atom is -0.465 e. The first kappa shape index (κ1) is 20.6. The van der Waals surface area contributed by atoms with Gasteiger partial charge in [0.05, 0.1) is 29.6 Å². The quantitative estimate of drug-likeness (QED) is 0.550. The third kappa shape index (κ3) is 4.48. The smallest absolute Gasteiger partial charge is 0.337 e. The van der Waals surface area contributed by atoms with Crippen LogP contribution in [0.15, 0.2) is 35.7 Å². The zero-order valence-electron chi connectivity index (χ0n) is 16.7. The average molecular weight is 413 g/mol. The number of carbonyl (C=O) groups is 2. The summed E-state index contributed by atoms with van der Waals surface area (Å²) in [4.78, 5) is 28.2. The number of rotatable bonds is 8. The van der Waals surface area contributed by atoms with Gasteiger partial charge in [-0.2, -0.15) is 0 Å². The Bertz CT molecular complexity index is 1020. The lowest BCUT2D eigenvalue weighted by molar-refractivity contribution is 0.0600. The lowest BCUT2D eigenvalue weighted by Gasteiger charge is -2.11. The summed E-state index contributed by atoms with van der Waals surface area (Å²) in [5.41, 5.74) is 9.91. The van der Waals surface area contributed by atoms with Crippen LogP contribution in [0.2, 0.25) is 0 Å². The second-order valence-electron chi connectivity index (χ2n) is 6.63. The summed E-state index contributed by atoms with van der Waals surface area (Å²) in [5, 5.41) is 6.09. The van der Waals surface area contributed by atoms with Crippen molar-refractivity contribution in [1.29, 1.82) is 0 Å². The van der Waals surface area contributed by atoms with Crippen molar-refractivity contribution in [3.8, 4) is 11.4 Å². The molecule has 0 atom stereocenters. The zero-order valence-corrected chi connectivity index (χ0v) is 17.5. The van der Waals surface area contributed by atoms with E-state index in [2.05, 4.69) is 17.2 Å². The number of hydrogen-bond donors (Lipinski definition) is 2.